The van der Waals surface area contributed by atoms with Gasteiger partial charge in [-0.25, -0.2) is 14.8 Å². The van der Waals surface area contributed by atoms with E-state index in [-0.39, 0.29) is 6.03 Å². The molecular formula is C27H31N7O3. The van der Waals surface area contributed by atoms with E-state index in [4.69, 9.17) is 14.7 Å². The Morgan fingerprint density at radius 1 is 1.03 bits per heavy atom. The smallest absolute Gasteiger partial charge is 0.321 e. The number of carbonyl (C=O) groups excluding carboxylic acids is 1. The van der Waals surface area contributed by atoms with Crippen LogP contribution in [-0.4, -0.2) is 91.4 Å². The Bertz CT molecular complexity index is 1250. The standard InChI is InChI=1S/C27H31N7O3/c28-19-21-2-4-22(5-3-21)31-27(35)34-11-9-33(10-12-34)26-24-7-6-23(18-25(24)29-20-30-26)37-15-1-8-32-13-16-36-17-14-32/h2-7,18,20H,1,8-17H2,(H,31,35). The van der Waals surface area contributed by atoms with Gasteiger partial charge in [-0.05, 0) is 42.8 Å². The summed E-state index contributed by atoms with van der Waals surface area (Å²) in [7, 11) is 0. The highest BCUT2D eigenvalue weighted by Gasteiger charge is 2.23. The van der Waals surface area contributed by atoms with E-state index in [0.717, 1.165) is 61.7 Å². The van der Waals surface area contributed by atoms with Gasteiger partial charge in [0.15, 0.2) is 0 Å². The number of hydrogen-bond donors (Lipinski definition) is 1. The topological polar surface area (TPSA) is 107 Å². The summed E-state index contributed by atoms with van der Waals surface area (Å²) >= 11 is 0. The first-order chi connectivity index (χ1) is 18.2. The number of nitrogens with zero attached hydrogens (tertiary/aromatic N) is 6. The molecule has 1 N–H and O–H groups in total. The first-order valence-corrected chi connectivity index (χ1v) is 12.7. The Morgan fingerprint density at radius 3 is 2.57 bits per heavy atom. The monoisotopic (exact) mass is 501 g/mol. The number of anilines is 2. The van der Waals surface area contributed by atoms with Gasteiger partial charge in [0, 0.05) is 63.0 Å². The van der Waals surface area contributed by atoms with Crippen LogP contribution in [0, 0.1) is 11.3 Å². The van der Waals surface area contributed by atoms with Gasteiger partial charge in [0.25, 0.3) is 0 Å². The van der Waals surface area contributed by atoms with Crippen LogP contribution < -0.4 is 15.0 Å². The number of benzene rings is 2. The van der Waals surface area contributed by atoms with Crippen LogP contribution in [0.15, 0.2) is 48.8 Å². The summed E-state index contributed by atoms with van der Waals surface area (Å²) in [6.07, 6.45) is 2.56. The normalized spacial score (nSPS) is 16.4. The molecule has 0 radical (unpaired) electrons. The van der Waals surface area contributed by atoms with Crippen molar-refractivity contribution in [2.45, 2.75) is 6.42 Å². The molecule has 10 heteroatoms. The van der Waals surface area contributed by atoms with Crippen LogP contribution in [0.4, 0.5) is 16.3 Å². The highest BCUT2D eigenvalue weighted by molar-refractivity contribution is 5.91. The lowest BCUT2D eigenvalue weighted by Gasteiger charge is -2.35. The zero-order valence-corrected chi connectivity index (χ0v) is 20.8. The molecule has 0 bridgehead atoms. The molecular weight excluding hydrogens is 470 g/mol. The maximum Gasteiger partial charge on any atom is 0.321 e. The van der Waals surface area contributed by atoms with Crippen LogP contribution in [0.2, 0.25) is 0 Å². The lowest BCUT2D eigenvalue weighted by Crippen LogP contribution is -2.50. The molecule has 192 valence electrons. The van der Waals surface area contributed by atoms with Gasteiger partial charge < -0.3 is 24.6 Å². The average molecular weight is 502 g/mol. The third-order valence-corrected chi connectivity index (χ3v) is 6.71. The summed E-state index contributed by atoms with van der Waals surface area (Å²) in [4.78, 5) is 28.1. The Morgan fingerprint density at radius 2 is 1.81 bits per heavy atom. The van der Waals surface area contributed by atoms with Crippen molar-refractivity contribution in [1.82, 2.24) is 19.8 Å². The molecule has 37 heavy (non-hydrogen) atoms. The van der Waals surface area contributed by atoms with E-state index in [1.165, 1.54) is 0 Å². The van der Waals surface area contributed by atoms with Gasteiger partial charge in [-0.15, -0.1) is 0 Å². The highest BCUT2D eigenvalue weighted by atomic mass is 16.5. The molecule has 0 spiro atoms. The molecule has 5 rings (SSSR count). The minimum absolute atomic E-state index is 0.146. The van der Waals surface area contributed by atoms with Crippen molar-refractivity contribution in [3.8, 4) is 11.8 Å². The second-order valence-corrected chi connectivity index (χ2v) is 9.13. The van der Waals surface area contributed by atoms with Crippen molar-refractivity contribution in [3.63, 3.8) is 0 Å². The molecule has 2 aliphatic rings. The van der Waals surface area contributed by atoms with E-state index < -0.39 is 0 Å². The fourth-order valence-corrected chi connectivity index (χ4v) is 4.62. The quantitative estimate of drug-likeness (QED) is 0.493. The molecule has 0 aliphatic carbocycles. The fraction of sp³-hybridized carbons (Fsp3) is 0.407. The van der Waals surface area contributed by atoms with E-state index >= 15 is 0 Å². The van der Waals surface area contributed by atoms with E-state index in [0.29, 0.717) is 44.0 Å². The first kappa shape index (κ1) is 24.7. The number of amides is 2. The molecule has 0 atom stereocenters. The van der Waals surface area contributed by atoms with Crippen molar-refractivity contribution in [3.05, 3.63) is 54.4 Å². The third kappa shape index (κ3) is 6.25. The van der Waals surface area contributed by atoms with Gasteiger partial charge in [0.05, 0.1) is 37.0 Å². The van der Waals surface area contributed by atoms with Crippen LogP contribution in [0.3, 0.4) is 0 Å². The average Bonchev–Trinajstić information content (AvgIpc) is 2.96. The fourth-order valence-electron chi connectivity index (χ4n) is 4.62. The number of urea groups is 1. The second kappa shape index (κ2) is 11.9. The number of rotatable bonds is 7. The summed E-state index contributed by atoms with van der Waals surface area (Å²) < 4.78 is 11.4. The maximum atomic E-state index is 12.7. The second-order valence-electron chi connectivity index (χ2n) is 9.13. The van der Waals surface area contributed by atoms with Crippen molar-refractivity contribution in [2.24, 2.45) is 0 Å². The molecule has 3 heterocycles. The first-order valence-electron chi connectivity index (χ1n) is 12.7. The number of fused-ring (bicyclic) bond motifs is 1. The lowest BCUT2D eigenvalue weighted by molar-refractivity contribution is 0.0358. The maximum absolute atomic E-state index is 12.7. The zero-order chi connectivity index (χ0) is 25.5. The van der Waals surface area contributed by atoms with Crippen LogP contribution in [0.1, 0.15) is 12.0 Å². The van der Waals surface area contributed by atoms with Gasteiger partial charge in [-0.3, -0.25) is 4.90 Å². The van der Waals surface area contributed by atoms with Gasteiger partial charge in [0.1, 0.15) is 17.9 Å². The predicted octanol–water partition coefficient (Wildman–Crippen LogP) is 2.96. The summed E-state index contributed by atoms with van der Waals surface area (Å²) in [5, 5.41) is 12.8. The van der Waals surface area contributed by atoms with E-state index in [9.17, 15) is 4.79 Å². The van der Waals surface area contributed by atoms with Crippen molar-refractivity contribution in [2.75, 3.05) is 75.9 Å². The summed E-state index contributed by atoms with van der Waals surface area (Å²) in [5.41, 5.74) is 2.08. The van der Waals surface area contributed by atoms with Crippen LogP contribution >= 0.6 is 0 Å². The minimum atomic E-state index is -0.146. The molecule has 1 aromatic heterocycles. The summed E-state index contributed by atoms with van der Waals surface area (Å²) in [6.45, 7) is 7.80. The Hall–Kier alpha value is -3.94. The Kier molecular flexibility index (Phi) is 7.93. The van der Waals surface area contributed by atoms with Gasteiger partial charge >= 0.3 is 6.03 Å². The minimum Gasteiger partial charge on any atom is -0.493 e. The number of nitrogens with one attached hydrogen (secondary N) is 1. The number of aromatic nitrogens is 2. The SMILES string of the molecule is N#Cc1ccc(NC(=O)N2CCN(c3ncnc4cc(OCCCN5CCOCC5)ccc34)CC2)cc1. The molecule has 0 saturated carbocycles. The van der Waals surface area contributed by atoms with Crippen molar-refractivity contribution >= 4 is 28.4 Å². The molecule has 0 unspecified atom stereocenters. The number of carbonyl (C=O) groups is 1. The number of nitriles is 1. The molecule has 2 saturated heterocycles. The number of hydrogen-bond acceptors (Lipinski definition) is 8. The van der Waals surface area contributed by atoms with Gasteiger partial charge in [-0.1, -0.05) is 0 Å². The molecule has 2 aromatic carbocycles. The number of morpholine rings is 1. The van der Waals surface area contributed by atoms with Crippen molar-refractivity contribution < 1.29 is 14.3 Å². The van der Waals surface area contributed by atoms with Gasteiger partial charge in [0.2, 0.25) is 0 Å². The highest BCUT2D eigenvalue weighted by Crippen LogP contribution is 2.27. The predicted molar refractivity (Wildman–Crippen MR) is 141 cm³/mol. The zero-order valence-electron chi connectivity index (χ0n) is 20.8. The Balaban J connectivity index is 1.14. The van der Waals surface area contributed by atoms with E-state index in [1.54, 1.807) is 35.5 Å². The van der Waals surface area contributed by atoms with Crippen molar-refractivity contribution in [1.29, 1.82) is 5.26 Å². The van der Waals surface area contributed by atoms with Crippen LogP contribution in [0.5, 0.6) is 5.75 Å². The molecule has 2 fully saturated rings. The van der Waals surface area contributed by atoms with Crippen LogP contribution in [0.25, 0.3) is 10.9 Å². The summed E-state index contributed by atoms with van der Waals surface area (Å²) in [6, 6.07) is 14.8. The van der Waals surface area contributed by atoms with Crippen LogP contribution in [-0.2, 0) is 4.74 Å². The molecule has 2 amide bonds. The van der Waals surface area contributed by atoms with Gasteiger partial charge in [-0.2, -0.15) is 5.26 Å². The third-order valence-electron chi connectivity index (χ3n) is 6.71. The molecule has 10 nitrogen and oxygen atoms in total. The largest absolute Gasteiger partial charge is 0.493 e. The molecule has 2 aliphatic heterocycles. The van der Waals surface area contributed by atoms with E-state index in [2.05, 4.69) is 31.2 Å². The Labute approximate surface area is 216 Å². The van der Waals surface area contributed by atoms with E-state index in [1.807, 2.05) is 18.2 Å². The number of piperazine rings is 1. The summed E-state index contributed by atoms with van der Waals surface area (Å²) in [5.74, 6) is 1.68. The number of ether oxygens (including phenoxy) is 2. The molecule has 3 aromatic rings. The lowest BCUT2D eigenvalue weighted by atomic mass is 10.2.